The Morgan fingerprint density at radius 3 is 2.72 bits per heavy atom. The Kier molecular flexibility index (Phi) is 6.39. The first-order chi connectivity index (χ1) is 11.9. The number of hydrogen-bond acceptors (Lipinski definition) is 3. The van der Waals surface area contributed by atoms with E-state index in [0.717, 1.165) is 28.3 Å². The number of para-hydroxylation sites is 1. The van der Waals surface area contributed by atoms with Crippen molar-refractivity contribution in [3.8, 4) is 5.75 Å². The molecule has 5 nitrogen and oxygen atoms in total. The van der Waals surface area contributed by atoms with E-state index in [1.54, 1.807) is 13.2 Å². The Hall–Kier alpha value is -2.56. The molecule has 5 heteroatoms. The summed E-state index contributed by atoms with van der Waals surface area (Å²) in [4.78, 5) is 12.2. The van der Waals surface area contributed by atoms with E-state index in [-0.39, 0.29) is 11.9 Å². The van der Waals surface area contributed by atoms with Crippen LogP contribution >= 0.6 is 0 Å². The quantitative estimate of drug-likeness (QED) is 0.787. The van der Waals surface area contributed by atoms with Crippen LogP contribution in [0.2, 0.25) is 0 Å². The molecule has 1 atom stereocenters. The number of rotatable bonds is 7. The van der Waals surface area contributed by atoms with Crippen molar-refractivity contribution in [2.24, 2.45) is 0 Å². The van der Waals surface area contributed by atoms with Gasteiger partial charge in [-0.3, -0.25) is 9.48 Å². The summed E-state index contributed by atoms with van der Waals surface area (Å²) >= 11 is 0. The highest BCUT2D eigenvalue weighted by atomic mass is 16.5. The predicted molar refractivity (Wildman–Crippen MR) is 99.8 cm³/mol. The van der Waals surface area contributed by atoms with Gasteiger partial charge < -0.3 is 10.1 Å². The molecule has 0 radical (unpaired) electrons. The maximum atomic E-state index is 12.2. The zero-order valence-corrected chi connectivity index (χ0v) is 15.7. The second-order valence-corrected chi connectivity index (χ2v) is 6.50. The van der Waals surface area contributed by atoms with Gasteiger partial charge in [0.15, 0.2) is 0 Å². The topological polar surface area (TPSA) is 56.1 Å². The molecule has 0 saturated carbocycles. The summed E-state index contributed by atoms with van der Waals surface area (Å²) in [6.07, 6.45) is 2.34. The molecule has 0 unspecified atom stereocenters. The van der Waals surface area contributed by atoms with Crippen LogP contribution in [0, 0.1) is 13.8 Å². The van der Waals surface area contributed by atoms with Crippen LogP contribution in [0.1, 0.15) is 30.8 Å². The van der Waals surface area contributed by atoms with Gasteiger partial charge in [-0.25, -0.2) is 0 Å². The molecule has 0 aliphatic heterocycles. The van der Waals surface area contributed by atoms with E-state index in [0.29, 0.717) is 13.0 Å². The van der Waals surface area contributed by atoms with Crippen LogP contribution in [-0.2, 0) is 17.8 Å². The molecule has 0 aliphatic carbocycles. The molecule has 1 aromatic carbocycles. The van der Waals surface area contributed by atoms with Crippen molar-refractivity contribution in [3.63, 3.8) is 0 Å². The van der Waals surface area contributed by atoms with Gasteiger partial charge in [-0.05, 0) is 51.8 Å². The van der Waals surface area contributed by atoms with E-state index < -0.39 is 0 Å². The number of methoxy groups -OCH3 is 1. The van der Waals surface area contributed by atoms with Crippen LogP contribution < -0.4 is 10.1 Å². The second kappa shape index (κ2) is 8.51. The number of aryl methyl sites for hydroxylation is 2. The normalized spacial score (nSPS) is 12.8. The van der Waals surface area contributed by atoms with Crippen molar-refractivity contribution in [1.82, 2.24) is 15.1 Å². The molecule has 1 aromatic heterocycles. The number of nitrogens with one attached hydrogen (secondary N) is 1. The Labute approximate surface area is 149 Å². The number of hydrogen-bond donors (Lipinski definition) is 1. The first-order valence-corrected chi connectivity index (χ1v) is 8.49. The van der Waals surface area contributed by atoms with Crippen LogP contribution in [-0.4, -0.2) is 28.8 Å². The fourth-order valence-electron chi connectivity index (χ4n) is 2.87. The minimum Gasteiger partial charge on any atom is -0.496 e. The summed E-state index contributed by atoms with van der Waals surface area (Å²) in [5.41, 5.74) is 4.15. The first-order valence-electron chi connectivity index (χ1n) is 8.49. The Morgan fingerprint density at radius 2 is 2.08 bits per heavy atom. The van der Waals surface area contributed by atoms with Crippen LogP contribution in [0.3, 0.4) is 0 Å². The highest BCUT2D eigenvalue weighted by Gasteiger charge is 2.10. The molecule has 0 saturated heterocycles. The molecule has 2 rings (SSSR count). The molecule has 1 heterocycles. The molecule has 1 N–H and O–H groups in total. The van der Waals surface area contributed by atoms with Crippen molar-refractivity contribution in [2.45, 2.75) is 46.7 Å². The molecule has 0 fully saturated rings. The minimum absolute atomic E-state index is 0.000751. The standard InChI is InChI=1S/C20H27N3O2/c1-14(10-18-8-6-7-9-19(18)25-5)11-20(24)21-16(3)13-23-17(4)12-15(2)22-23/h6-9,11-12,16H,10,13H2,1-5H3,(H,21,24)/b14-11-/t16-/m1/s1. The van der Waals surface area contributed by atoms with E-state index >= 15 is 0 Å². The third-order valence-electron chi connectivity index (χ3n) is 3.98. The Balaban J connectivity index is 1.93. The summed E-state index contributed by atoms with van der Waals surface area (Å²) in [5, 5.41) is 7.43. The van der Waals surface area contributed by atoms with Gasteiger partial charge in [0.05, 0.1) is 19.3 Å². The SMILES string of the molecule is COc1ccccc1C/C(C)=C\C(=O)N[C@H](C)Cn1nc(C)cc1C. The van der Waals surface area contributed by atoms with Crippen LogP contribution in [0.15, 0.2) is 42.0 Å². The highest BCUT2D eigenvalue weighted by molar-refractivity contribution is 5.88. The van der Waals surface area contributed by atoms with Gasteiger partial charge in [-0.2, -0.15) is 5.10 Å². The van der Waals surface area contributed by atoms with Crippen LogP contribution in [0.4, 0.5) is 0 Å². The number of allylic oxidation sites excluding steroid dienone is 1. The lowest BCUT2D eigenvalue weighted by Gasteiger charge is -2.14. The Bertz CT molecular complexity index is 762. The number of carbonyl (C=O) groups excluding carboxylic acids is 1. The largest absolute Gasteiger partial charge is 0.496 e. The molecule has 134 valence electrons. The zero-order valence-electron chi connectivity index (χ0n) is 15.7. The number of amides is 1. The van der Waals surface area contributed by atoms with E-state index in [1.807, 2.05) is 62.7 Å². The van der Waals surface area contributed by atoms with Gasteiger partial charge in [0, 0.05) is 17.8 Å². The van der Waals surface area contributed by atoms with Gasteiger partial charge in [0.1, 0.15) is 5.75 Å². The third kappa shape index (κ3) is 5.48. The minimum atomic E-state index is -0.0820. The molecule has 0 spiro atoms. The Morgan fingerprint density at radius 1 is 1.36 bits per heavy atom. The lowest BCUT2D eigenvalue weighted by molar-refractivity contribution is -0.117. The molecular weight excluding hydrogens is 314 g/mol. The lowest BCUT2D eigenvalue weighted by Crippen LogP contribution is -2.35. The van der Waals surface area contributed by atoms with Gasteiger partial charge >= 0.3 is 0 Å². The monoisotopic (exact) mass is 341 g/mol. The van der Waals surface area contributed by atoms with Crippen molar-refractivity contribution >= 4 is 5.91 Å². The third-order valence-corrected chi connectivity index (χ3v) is 3.98. The number of carbonyl (C=O) groups is 1. The number of benzene rings is 1. The molecule has 1 amide bonds. The second-order valence-electron chi connectivity index (χ2n) is 6.50. The van der Waals surface area contributed by atoms with Crippen molar-refractivity contribution in [3.05, 3.63) is 58.9 Å². The molecular formula is C20H27N3O2. The molecule has 25 heavy (non-hydrogen) atoms. The van der Waals surface area contributed by atoms with Gasteiger partial charge in [0.25, 0.3) is 0 Å². The van der Waals surface area contributed by atoms with Gasteiger partial charge in [-0.15, -0.1) is 0 Å². The van der Waals surface area contributed by atoms with Crippen molar-refractivity contribution in [1.29, 1.82) is 0 Å². The summed E-state index contributed by atoms with van der Waals surface area (Å²) in [6.45, 7) is 8.59. The molecule has 0 aliphatic rings. The zero-order chi connectivity index (χ0) is 18.4. The average molecular weight is 341 g/mol. The summed E-state index contributed by atoms with van der Waals surface area (Å²) in [5.74, 6) is 0.759. The summed E-state index contributed by atoms with van der Waals surface area (Å²) in [7, 11) is 1.66. The highest BCUT2D eigenvalue weighted by Crippen LogP contribution is 2.20. The molecule has 0 bridgehead atoms. The maximum absolute atomic E-state index is 12.2. The predicted octanol–water partition coefficient (Wildman–Crippen LogP) is 3.20. The smallest absolute Gasteiger partial charge is 0.244 e. The van der Waals surface area contributed by atoms with E-state index in [4.69, 9.17) is 4.74 Å². The number of nitrogens with zero attached hydrogens (tertiary/aromatic N) is 2. The van der Waals surface area contributed by atoms with Gasteiger partial charge in [-0.1, -0.05) is 23.8 Å². The maximum Gasteiger partial charge on any atom is 0.244 e. The number of aromatic nitrogens is 2. The van der Waals surface area contributed by atoms with Crippen molar-refractivity contribution in [2.75, 3.05) is 7.11 Å². The van der Waals surface area contributed by atoms with Gasteiger partial charge in [0.2, 0.25) is 5.91 Å². The summed E-state index contributed by atoms with van der Waals surface area (Å²) in [6, 6.07) is 9.89. The fraction of sp³-hybridized carbons (Fsp3) is 0.400. The van der Waals surface area contributed by atoms with Crippen molar-refractivity contribution < 1.29 is 9.53 Å². The lowest BCUT2D eigenvalue weighted by atomic mass is 10.0. The fourth-order valence-corrected chi connectivity index (χ4v) is 2.87. The summed E-state index contributed by atoms with van der Waals surface area (Å²) < 4.78 is 7.28. The van der Waals surface area contributed by atoms with E-state index in [2.05, 4.69) is 10.4 Å². The first kappa shape index (κ1) is 18.8. The van der Waals surface area contributed by atoms with Crippen LogP contribution in [0.25, 0.3) is 0 Å². The number of ether oxygens (including phenoxy) is 1. The van der Waals surface area contributed by atoms with E-state index in [1.165, 1.54) is 0 Å². The van der Waals surface area contributed by atoms with Crippen LogP contribution in [0.5, 0.6) is 5.75 Å². The molecule has 2 aromatic rings. The van der Waals surface area contributed by atoms with E-state index in [9.17, 15) is 4.79 Å². The average Bonchev–Trinajstić information content (AvgIpc) is 2.84.